The van der Waals surface area contributed by atoms with E-state index in [4.69, 9.17) is 4.74 Å². The molecule has 34 heavy (non-hydrogen) atoms. The van der Waals surface area contributed by atoms with Crippen LogP contribution in [0.2, 0.25) is 0 Å². The fraction of sp³-hybridized carbons (Fsp3) is 0.815. The van der Waals surface area contributed by atoms with Crippen LogP contribution in [0.3, 0.4) is 0 Å². The van der Waals surface area contributed by atoms with Gasteiger partial charge in [0.15, 0.2) is 0 Å². The van der Waals surface area contributed by atoms with Gasteiger partial charge in [-0.05, 0) is 57.8 Å². The average molecular weight is 480 g/mol. The number of esters is 1. The fourth-order valence-corrected chi connectivity index (χ4v) is 4.60. The molecule has 0 aromatic heterocycles. The zero-order chi connectivity index (χ0) is 26.4. The van der Waals surface area contributed by atoms with Crippen molar-refractivity contribution >= 4 is 17.8 Å². The maximum absolute atomic E-state index is 13.8. The van der Waals surface area contributed by atoms with E-state index in [1.165, 1.54) is 0 Å². The van der Waals surface area contributed by atoms with Crippen LogP contribution in [0.1, 0.15) is 82.1 Å². The second-order valence-electron chi connectivity index (χ2n) is 11.6. The Morgan fingerprint density at radius 2 is 1.74 bits per heavy atom. The summed E-state index contributed by atoms with van der Waals surface area (Å²) in [5, 5.41) is 3.11. The molecule has 1 rings (SSSR count). The third-order valence-electron chi connectivity index (χ3n) is 6.72. The molecule has 0 unspecified atom stereocenters. The van der Waals surface area contributed by atoms with Gasteiger partial charge in [-0.1, -0.05) is 47.6 Å². The minimum Gasteiger partial charge on any atom is -0.463 e. The molecule has 0 bridgehead atoms. The van der Waals surface area contributed by atoms with Crippen molar-refractivity contribution in [1.82, 2.24) is 15.1 Å². The van der Waals surface area contributed by atoms with E-state index in [9.17, 15) is 14.4 Å². The maximum Gasteiger partial charge on any atom is 0.333 e. The SMILES string of the molecule is CCOC(=O)C(C)=C[C@H](C(C)C)N(C)C(=O)[C@@H](NC(=O)[C@@H]1CC[C@H](C)CN1C(C)C)C(C)(C)C. The minimum absolute atomic E-state index is 0.0749. The molecule has 0 aromatic rings. The molecule has 1 aliphatic rings. The lowest BCUT2D eigenvalue weighted by atomic mass is 9.84. The molecule has 0 aromatic carbocycles. The second-order valence-corrected chi connectivity index (χ2v) is 11.6. The molecule has 7 nitrogen and oxygen atoms in total. The van der Waals surface area contributed by atoms with Crippen molar-refractivity contribution in [3.05, 3.63) is 11.6 Å². The van der Waals surface area contributed by atoms with Crippen LogP contribution >= 0.6 is 0 Å². The molecule has 1 aliphatic heterocycles. The fourth-order valence-electron chi connectivity index (χ4n) is 4.60. The van der Waals surface area contributed by atoms with Crippen LogP contribution in [-0.4, -0.2) is 72.0 Å². The lowest BCUT2D eigenvalue weighted by Gasteiger charge is -2.42. The van der Waals surface area contributed by atoms with Crippen molar-refractivity contribution in [2.45, 2.75) is 106 Å². The smallest absolute Gasteiger partial charge is 0.333 e. The van der Waals surface area contributed by atoms with Gasteiger partial charge in [0.2, 0.25) is 11.8 Å². The largest absolute Gasteiger partial charge is 0.463 e. The van der Waals surface area contributed by atoms with Gasteiger partial charge in [-0.15, -0.1) is 0 Å². The molecule has 196 valence electrons. The molecule has 0 spiro atoms. The zero-order valence-corrected chi connectivity index (χ0v) is 23.4. The molecule has 1 heterocycles. The Morgan fingerprint density at radius 3 is 2.21 bits per heavy atom. The average Bonchev–Trinajstić information content (AvgIpc) is 2.73. The van der Waals surface area contributed by atoms with Crippen molar-refractivity contribution in [3.8, 4) is 0 Å². The third kappa shape index (κ3) is 8.10. The topological polar surface area (TPSA) is 79.0 Å². The van der Waals surface area contributed by atoms with Gasteiger partial charge in [0.05, 0.1) is 18.7 Å². The number of carbonyl (C=O) groups excluding carboxylic acids is 3. The predicted molar refractivity (Wildman–Crippen MR) is 137 cm³/mol. The lowest BCUT2D eigenvalue weighted by molar-refractivity contribution is -0.142. The van der Waals surface area contributed by atoms with E-state index in [1.54, 1.807) is 31.9 Å². The van der Waals surface area contributed by atoms with E-state index in [2.05, 4.69) is 31.0 Å². The van der Waals surface area contributed by atoms with Gasteiger partial charge in [0, 0.05) is 25.2 Å². The van der Waals surface area contributed by atoms with Gasteiger partial charge >= 0.3 is 5.97 Å². The first-order valence-electron chi connectivity index (χ1n) is 12.8. The van der Waals surface area contributed by atoms with E-state index in [-0.39, 0.29) is 41.8 Å². The van der Waals surface area contributed by atoms with Crippen LogP contribution in [0, 0.1) is 17.3 Å². The number of piperidine rings is 1. The predicted octanol–water partition coefficient (Wildman–Crippen LogP) is 4.02. The summed E-state index contributed by atoms with van der Waals surface area (Å²) in [6.07, 6.45) is 3.59. The summed E-state index contributed by atoms with van der Waals surface area (Å²) in [6, 6.07) is -0.963. The van der Waals surface area contributed by atoms with Crippen molar-refractivity contribution < 1.29 is 19.1 Å². The lowest BCUT2D eigenvalue weighted by Crippen LogP contribution is -2.61. The number of hydrogen-bond acceptors (Lipinski definition) is 5. The van der Waals surface area contributed by atoms with Crippen LogP contribution in [-0.2, 0) is 19.1 Å². The molecule has 1 N–H and O–H groups in total. The number of rotatable bonds is 9. The first kappa shape index (κ1) is 30.1. The summed E-state index contributed by atoms with van der Waals surface area (Å²) in [5.74, 6) is 0.00842. The Bertz CT molecular complexity index is 739. The van der Waals surface area contributed by atoms with Crippen molar-refractivity contribution in [1.29, 1.82) is 0 Å². The number of ether oxygens (including phenoxy) is 1. The summed E-state index contributed by atoms with van der Waals surface area (Å²) in [7, 11) is 1.75. The summed E-state index contributed by atoms with van der Waals surface area (Å²) < 4.78 is 5.11. The van der Waals surface area contributed by atoms with Crippen LogP contribution in [0.4, 0.5) is 0 Å². The quantitative estimate of drug-likeness (QED) is 0.399. The van der Waals surface area contributed by atoms with Crippen LogP contribution in [0.15, 0.2) is 11.6 Å². The second kappa shape index (κ2) is 12.7. The number of hydrogen-bond donors (Lipinski definition) is 1. The Kier molecular flexibility index (Phi) is 11.3. The molecule has 1 saturated heterocycles. The standard InChI is InChI=1S/C27H49N3O4/c1-12-34-26(33)20(7)15-22(17(2)3)29(11)25(32)23(27(8,9)10)28-24(31)21-14-13-19(6)16-30(21)18(4)5/h15,17-19,21-23H,12-14,16H2,1-11H3,(H,28,31)/t19-,21-,22+,23+/m0/s1. The van der Waals surface area contributed by atoms with Crippen LogP contribution in [0.5, 0.6) is 0 Å². The number of nitrogens with one attached hydrogen (secondary N) is 1. The Hall–Kier alpha value is -1.89. The van der Waals surface area contributed by atoms with Gasteiger partial charge in [-0.25, -0.2) is 4.79 Å². The number of amides is 2. The Morgan fingerprint density at radius 1 is 1.15 bits per heavy atom. The molecule has 7 heteroatoms. The summed E-state index contributed by atoms with van der Waals surface area (Å²) in [6.45, 7) is 21.0. The summed E-state index contributed by atoms with van der Waals surface area (Å²) >= 11 is 0. The van der Waals surface area contributed by atoms with Crippen LogP contribution in [0.25, 0.3) is 0 Å². The molecular weight excluding hydrogens is 430 g/mol. The molecule has 0 radical (unpaired) electrons. The number of likely N-dealkylation sites (N-methyl/N-ethyl adjacent to an activating group) is 1. The molecule has 0 aliphatic carbocycles. The number of carbonyl (C=O) groups is 3. The van der Waals surface area contributed by atoms with Crippen molar-refractivity contribution in [2.75, 3.05) is 20.2 Å². The molecule has 4 atom stereocenters. The summed E-state index contributed by atoms with van der Waals surface area (Å²) in [5.41, 5.74) is -0.00648. The highest BCUT2D eigenvalue weighted by Crippen LogP contribution is 2.27. The summed E-state index contributed by atoms with van der Waals surface area (Å²) in [4.78, 5) is 43.3. The van der Waals surface area contributed by atoms with E-state index in [1.807, 2.05) is 34.6 Å². The van der Waals surface area contributed by atoms with Gasteiger partial charge in [-0.2, -0.15) is 0 Å². The minimum atomic E-state index is -0.684. The molecule has 1 fully saturated rings. The van der Waals surface area contributed by atoms with Gasteiger partial charge in [-0.3, -0.25) is 14.5 Å². The number of likely N-dealkylation sites (tertiary alicyclic amines) is 1. The zero-order valence-electron chi connectivity index (χ0n) is 23.4. The van der Waals surface area contributed by atoms with Gasteiger partial charge < -0.3 is 15.0 Å². The normalized spacial score (nSPS) is 21.9. The van der Waals surface area contributed by atoms with Crippen molar-refractivity contribution in [2.24, 2.45) is 17.3 Å². The highest BCUT2D eigenvalue weighted by atomic mass is 16.5. The van der Waals surface area contributed by atoms with E-state index < -0.39 is 11.5 Å². The Balaban J connectivity index is 3.17. The van der Waals surface area contributed by atoms with Crippen LogP contribution < -0.4 is 5.32 Å². The van der Waals surface area contributed by atoms with E-state index in [0.29, 0.717) is 18.1 Å². The molecule has 2 amide bonds. The van der Waals surface area contributed by atoms with Gasteiger partial charge in [0.25, 0.3) is 0 Å². The van der Waals surface area contributed by atoms with E-state index in [0.717, 1.165) is 19.4 Å². The van der Waals surface area contributed by atoms with Gasteiger partial charge in [0.1, 0.15) is 6.04 Å². The Labute approximate surface area is 207 Å². The molecule has 0 saturated carbocycles. The highest BCUT2D eigenvalue weighted by molar-refractivity contribution is 5.91. The monoisotopic (exact) mass is 479 g/mol. The van der Waals surface area contributed by atoms with Crippen molar-refractivity contribution in [3.63, 3.8) is 0 Å². The third-order valence-corrected chi connectivity index (χ3v) is 6.72. The molecular formula is C27H49N3O4. The van der Waals surface area contributed by atoms with E-state index >= 15 is 0 Å². The maximum atomic E-state index is 13.8. The number of nitrogens with zero attached hydrogens (tertiary/aromatic N) is 2. The first-order valence-corrected chi connectivity index (χ1v) is 12.8. The highest BCUT2D eigenvalue weighted by Gasteiger charge is 2.40. The first-order chi connectivity index (χ1) is 15.6.